The first-order chi connectivity index (χ1) is 9.06. The van der Waals surface area contributed by atoms with E-state index in [2.05, 4.69) is 20.8 Å². The number of carbonyl (C=O) groups is 1. The van der Waals surface area contributed by atoms with Crippen molar-refractivity contribution in [3.05, 3.63) is 35.3 Å². The maximum absolute atomic E-state index is 11.8. The molecule has 5 heteroatoms. The van der Waals surface area contributed by atoms with Crippen molar-refractivity contribution in [2.45, 2.75) is 20.8 Å². The van der Waals surface area contributed by atoms with Crippen molar-refractivity contribution < 1.29 is 18.7 Å². The second-order valence-electron chi connectivity index (χ2n) is 4.60. The largest absolute Gasteiger partial charge is 0.619 e. The molecule has 1 aromatic heterocycles. The minimum Gasteiger partial charge on any atom is -0.619 e. The third-order valence-corrected chi connectivity index (χ3v) is 3.82. The lowest BCUT2D eigenvalue weighted by Crippen LogP contribution is -2.49. The highest BCUT2D eigenvalue weighted by Crippen LogP contribution is 2.06. The molecule has 0 aliphatic carbocycles. The van der Waals surface area contributed by atoms with Crippen molar-refractivity contribution >= 4 is 5.97 Å². The molecular formula is C14H23N2O3+. The zero-order chi connectivity index (χ0) is 14.3. The summed E-state index contributed by atoms with van der Waals surface area (Å²) in [6.45, 7) is 10.7. The summed E-state index contributed by atoms with van der Waals surface area (Å²) in [6, 6.07) is 3.12. The van der Waals surface area contributed by atoms with Gasteiger partial charge in [0.05, 0.1) is 19.6 Å². The predicted molar refractivity (Wildman–Crippen MR) is 72.4 cm³/mol. The third-order valence-electron chi connectivity index (χ3n) is 3.82. The van der Waals surface area contributed by atoms with Gasteiger partial charge in [0.25, 0.3) is 0 Å². The van der Waals surface area contributed by atoms with E-state index in [9.17, 15) is 10.0 Å². The minimum atomic E-state index is -0.438. The number of rotatable bonds is 7. The van der Waals surface area contributed by atoms with Crippen LogP contribution in [0, 0.1) is 5.21 Å². The molecule has 0 saturated carbocycles. The van der Waals surface area contributed by atoms with Crippen molar-refractivity contribution in [1.29, 1.82) is 0 Å². The Morgan fingerprint density at radius 3 is 2.47 bits per heavy atom. The maximum atomic E-state index is 11.8. The van der Waals surface area contributed by atoms with Gasteiger partial charge in [0.2, 0.25) is 0 Å². The van der Waals surface area contributed by atoms with Crippen LogP contribution in [0.15, 0.2) is 24.5 Å². The van der Waals surface area contributed by atoms with Crippen molar-refractivity contribution in [2.75, 3.05) is 32.8 Å². The molecule has 0 unspecified atom stereocenters. The minimum absolute atomic E-state index is 0.292. The van der Waals surface area contributed by atoms with Crippen LogP contribution in [0.4, 0.5) is 0 Å². The fourth-order valence-corrected chi connectivity index (χ4v) is 2.14. The smallest absolute Gasteiger partial charge is 0.344 e. The van der Waals surface area contributed by atoms with E-state index >= 15 is 0 Å². The number of quaternary nitrogens is 1. The lowest BCUT2D eigenvalue weighted by atomic mass is 10.3. The van der Waals surface area contributed by atoms with Gasteiger partial charge in [-0.1, -0.05) is 0 Å². The summed E-state index contributed by atoms with van der Waals surface area (Å²) >= 11 is 0. The summed E-state index contributed by atoms with van der Waals surface area (Å²) in [4.78, 5) is 11.8. The fourth-order valence-electron chi connectivity index (χ4n) is 2.14. The number of likely N-dealkylation sites (N-methyl/N-ethyl adjacent to an activating group) is 1. The van der Waals surface area contributed by atoms with Gasteiger partial charge in [-0.05, 0) is 26.8 Å². The van der Waals surface area contributed by atoms with Gasteiger partial charge < -0.3 is 14.4 Å². The van der Waals surface area contributed by atoms with Crippen molar-refractivity contribution in [3.8, 4) is 0 Å². The van der Waals surface area contributed by atoms with E-state index in [-0.39, 0.29) is 0 Å². The molecule has 0 amide bonds. The van der Waals surface area contributed by atoms with Crippen LogP contribution in [-0.2, 0) is 4.74 Å². The van der Waals surface area contributed by atoms with E-state index in [1.807, 2.05) is 0 Å². The Kier molecular flexibility index (Phi) is 5.76. The molecule has 0 aliphatic heterocycles. The molecule has 106 valence electrons. The van der Waals surface area contributed by atoms with Gasteiger partial charge in [-0.25, -0.2) is 4.79 Å². The van der Waals surface area contributed by atoms with Crippen LogP contribution < -0.4 is 4.73 Å². The summed E-state index contributed by atoms with van der Waals surface area (Å²) in [6.07, 6.45) is 2.56. The van der Waals surface area contributed by atoms with Crippen LogP contribution in [0.1, 0.15) is 31.1 Å². The van der Waals surface area contributed by atoms with E-state index in [0.29, 0.717) is 16.9 Å². The standard InChI is InChI=1S/C14H23N2O3/c1-4-16(5-2,6-3)10-11-19-14(17)13-8-7-9-15(18)12-13/h7-9,12H,4-6,10-11H2,1-3H3/q+1. The molecule has 0 radical (unpaired) electrons. The Hall–Kier alpha value is -1.62. The zero-order valence-corrected chi connectivity index (χ0v) is 12.0. The molecule has 1 heterocycles. The molecule has 0 atom stereocenters. The molecule has 0 aromatic carbocycles. The van der Waals surface area contributed by atoms with Crippen LogP contribution in [0.2, 0.25) is 0 Å². The van der Waals surface area contributed by atoms with Gasteiger partial charge in [-0.2, -0.15) is 4.73 Å². The Bertz CT molecular complexity index is 409. The van der Waals surface area contributed by atoms with Gasteiger partial charge in [0.1, 0.15) is 18.7 Å². The van der Waals surface area contributed by atoms with Crippen LogP contribution >= 0.6 is 0 Å². The van der Waals surface area contributed by atoms with Gasteiger partial charge in [-0.15, -0.1) is 0 Å². The van der Waals surface area contributed by atoms with E-state index in [0.717, 1.165) is 30.7 Å². The first-order valence-electron chi connectivity index (χ1n) is 6.78. The Balaban J connectivity index is 2.51. The molecule has 0 spiro atoms. The average Bonchev–Trinajstić information content (AvgIpc) is 2.44. The molecule has 19 heavy (non-hydrogen) atoms. The maximum Gasteiger partial charge on any atom is 0.344 e. The highest BCUT2D eigenvalue weighted by Gasteiger charge is 2.21. The predicted octanol–water partition coefficient (Wildman–Crippen LogP) is 1.35. The summed E-state index contributed by atoms with van der Waals surface area (Å²) in [5.74, 6) is -0.438. The monoisotopic (exact) mass is 267 g/mol. The first-order valence-corrected chi connectivity index (χ1v) is 6.78. The SMILES string of the molecule is CC[N+](CC)(CC)CCOC(=O)c1ccc[n+]([O-])c1. The van der Waals surface area contributed by atoms with E-state index in [1.165, 1.54) is 18.5 Å². The number of nitrogens with zero attached hydrogens (tertiary/aromatic N) is 2. The summed E-state index contributed by atoms with van der Waals surface area (Å²) in [7, 11) is 0. The molecule has 0 bridgehead atoms. The lowest BCUT2D eigenvalue weighted by molar-refractivity contribution is -0.923. The third kappa shape index (κ3) is 4.21. The number of carbonyl (C=O) groups excluding carboxylic acids is 1. The lowest BCUT2D eigenvalue weighted by Gasteiger charge is -2.35. The van der Waals surface area contributed by atoms with E-state index < -0.39 is 5.97 Å². The summed E-state index contributed by atoms with van der Waals surface area (Å²) in [5, 5.41) is 11.1. The molecule has 1 rings (SSSR count). The summed E-state index contributed by atoms with van der Waals surface area (Å²) < 4.78 is 6.77. The van der Waals surface area contributed by atoms with Crippen LogP contribution in [-0.4, -0.2) is 43.2 Å². The number of hydrogen-bond acceptors (Lipinski definition) is 3. The first kappa shape index (κ1) is 15.4. The fraction of sp³-hybridized carbons (Fsp3) is 0.571. The van der Waals surface area contributed by atoms with Gasteiger partial charge >= 0.3 is 5.97 Å². The van der Waals surface area contributed by atoms with Crippen LogP contribution in [0.3, 0.4) is 0 Å². The molecule has 0 saturated heterocycles. The van der Waals surface area contributed by atoms with Crippen LogP contribution in [0.5, 0.6) is 0 Å². The highest BCUT2D eigenvalue weighted by atomic mass is 16.5. The second kappa shape index (κ2) is 7.09. The molecule has 5 nitrogen and oxygen atoms in total. The number of esters is 1. The zero-order valence-electron chi connectivity index (χ0n) is 12.0. The quantitative estimate of drug-likeness (QED) is 0.324. The van der Waals surface area contributed by atoms with Gasteiger partial charge in [-0.3, -0.25) is 0 Å². The molecule has 0 N–H and O–H groups in total. The number of ether oxygens (including phenoxy) is 1. The number of hydrogen-bond donors (Lipinski definition) is 0. The average molecular weight is 267 g/mol. The number of aromatic nitrogens is 1. The molecule has 0 aliphatic rings. The Morgan fingerprint density at radius 2 is 1.95 bits per heavy atom. The van der Waals surface area contributed by atoms with Crippen molar-refractivity contribution in [2.24, 2.45) is 0 Å². The van der Waals surface area contributed by atoms with Crippen molar-refractivity contribution in [1.82, 2.24) is 0 Å². The van der Waals surface area contributed by atoms with Crippen LogP contribution in [0.25, 0.3) is 0 Å². The molecule has 1 aromatic rings. The van der Waals surface area contributed by atoms with Crippen molar-refractivity contribution in [3.63, 3.8) is 0 Å². The topological polar surface area (TPSA) is 53.2 Å². The Morgan fingerprint density at radius 1 is 1.32 bits per heavy atom. The Labute approximate surface area is 114 Å². The van der Waals surface area contributed by atoms with E-state index in [1.54, 1.807) is 6.07 Å². The number of pyridine rings is 1. The molecule has 0 fully saturated rings. The molecular weight excluding hydrogens is 244 g/mol. The summed E-state index contributed by atoms with van der Waals surface area (Å²) in [5.41, 5.74) is 0.292. The van der Waals surface area contributed by atoms with E-state index in [4.69, 9.17) is 4.74 Å². The second-order valence-corrected chi connectivity index (χ2v) is 4.60. The normalized spacial score (nSPS) is 11.3. The van der Waals surface area contributed by atoms with Gasteiger partial charge in [0.15, 0.2) is 12.4 Å². The highest BCUT2D eigenvalue weighted by molar-refractivity contribution is 5.88. The van der Waals surface area contributed by atoms with Gasteiger partial charge in [0, 0.05) is 6.07 Å².